The van der Waals surface area contributed by atoms with Gasteiger partial charge in [0.15, 0.2) is 5.82 Å². The Hall–Kier alpha value is -3.87. The van der Waals surface area contributed by atoms with Gasteiger partial charge in [0.2, 0.25) is 5.95 Å². The summed E-state index contributed by atoms with van der Waals surface area (Å²) in [5.74, 6) is -1.16. The maximum absolute atomic E-state index is 15.4. The summed E-state index contributed by atoms with van der Waals surface area (Å²) >= 11 is 0. The third-order valence-electron chi connectivity index (χ3n) is 7.22. The molecule has 1 saturated heterocycles. The molecule has 1 aliphatic heterocycles. The SMILES string of the molecule is CN(C)CCN1CCN(c2ccc3nc(NC(=O)c4ccnc(-c5cnn(C)c5)c4F)n(CC(C)(C)O)c3c2)CC1. The van der Waals surface area contributed by atoms with Crippen LogP contribution in [0.3, 0.4) is 0 Å². The molecule has 218 valence electrons. The summed E-state index contributed by atoms with van der Waals surface area (Å²) in [6.45, 7) is 9.43. The lowest BCUT2D eigenvalue weighted by atomic mass is 10.1. The van der Waals surface area contributed by atoms with Gasteiger partial charge < -0.3 is 19.5 Å². The first-order chi connectivity index (χ1) is 19.5. The fourth-order valence-electron chi connectivity index (χ4n) is 5.05. The smallest absolute Gasteiger partial charge is 0.261 e. The first kappa shape index (κ1) is 28.7. The van der Waals surface area contributed by atoms with Crippen molar-refractivity contribution in [3.05, 3.63) is 54.2 Å². The van der Waals surface area contributed by atoms with Gasteiger partial charge >= 0.3 is 0 Å². The van der Waals surface area contributed by atoms with Crippen LogP contribution in [-0.4, -0.2) is 104 Å². The van der Waals surface area contributed by atoms with E-state index in [2.05, 4.69) is 49.2 Å². The number of rotatable bonds is 9. The number of aromatic nitrogens is 5. The van der Waals surface area contributed by atoms with Crippen LogP contribution in [-0.2, 0) is 13.6 Å². The van der Waals surface area contributed by atoms with E-state index in [0.29, 0.717) is 11.1 Å². The van der Waals surface area contributed by atoms with Crippen LogP contribution < -0.4 is 10.2 Å². The van der Waals surface area contributed by atoms with E-state index in [0.717, 1.165) is 50.5 Å². The lowest BCUT2D eigenvalue weighted by Crippen LogP contribution is -2.48. The Balaban J connectivity index is 1.41. The number of hydrogen-bond acceptors (Lipinski definition) is 8. The predicted molar refractivity (Wildman–Crippen MR) is 158 cm³/mol. The molecule has 1 aliphatic rings. The Kier molecular flexibility index (Phi) is 8.07. The maximum atomic E-state index is 15.4. The number of likely N-dealkylation sites (N-methyl/N-ethyl adjacent to an activating group) is 1. The molecule has 4 aromatic rings. The van der Waals surface area contributed by atoms with Gasteiger partial charge in [0.1, 0.15) is 5.69 Å². The van der Waals surface area contributed by atoms with Crippen LogP contribution in [0.15, 0.2) is 42.9 Å². The molecule has 0 aliphatic carbocycles. The second-order valence-corrected chi connectivity index (χ2v) is 11.5. The highest BCUT2D eigenvalue weighted by atomic mass is 19.1. The molecular formula is C29H38FN9O2. The number of piperazine rings is 1. The van der Waals surface area contributed by atoms with E-state index in [1.165, 1.54) is 18.5 Å². The van der Waals surface area contributed by atoms with Gasteiger partial charge in [-0.3, -0.25) is 24.7 Å². The number of imidazole rings is 1. The van der Waals surface area contributed by atoms with Crippen LogP contribution in [0.2, 0.25) is 0 Å². The van der Waals surface area contributed by atoms with Crippen molar-refractivity contribution in [2.24, 2.45) is 7.05 Å². The molecule has 0 unspecified atom stereocenters. The molecule has 0 radical (unpaired) electrons. The number of carbonyl (C=O) groups excluding carboxylic acids is 1. The molecule has 0 bridgehead atoms. The molecule has 0 atom stereocenters. The van der Waals surface area contributed by atoms with Gasteiger partial charge in [-0.1, -0.05) is 0 Å². The fourth-order valence-corrected chi connectivity index (χ4v) is 5.05. The molecule has 2 N–H and O–H groups in total. The quantitative estimate of drug-likeness (QED) is 0.320. The topological polar surface area (TPSA) is 108 Å². The molecular weight excluding hydrogens is 525 g/mol. The first-order valence-electron chi connectivity index (χ1n) is 13.8. The minimum Gasteiger partial charge on any atom is -0.389 e. The molecule has 1 amide bonds. The summed E-state index contributed by atoms with van der Waals surface area (Å²) in [6.07, 6.45) is 4.53. The third kappa shape index (κ3) is 6.55. The molecule has 4 heterocycles. The minimum absolute atomic E-state index is 0.0437. The number of aliphatic hydroxyl groups is 1. The molecule has 0 spiro atoms. The third-order valence-corrected chi connectivity index (χ3v) is 7.22. The van der Waals surface area contributed by atoms with E-state index in [1.54, 1.807) is 36.3 Å². The average Bonchev–Trinajstić information content (AvgIpc) is 3.49. The van der Waals surface area contributed by atoms with E-state index in [1.807, 2.05) is 18.2 Å². The highest BCUT2D eigenvalue weighted by Gasteiger charge is 2.25. The predicted octanol–water partition coefficient (Wildman–Crippen LogP) is 2.68. The molecule has 5 rings (SSSR count). The summed E-state index contributed by atoms with van der Waals surface area (Å²) in [5.41, 5.74) is 1.78. The van der Waals surface area contributed by atoms with Gasteiger partial charge in [-0.15, -0.1) is 0 Å². The van der Waals surface area contributed by atoms with Crippen LogP contribution >= 0.6 is 0 Å². The zero-order chi connectivity index (χ0) is 29.3. The number of aryl methyl sites for hydroxylation is 1. The number of carbonyl (C=O) groups is 1. The van der Waals surface area contributed by atoms with E-state index in [4.69, 9.17) is 0 Å². The van der Waals surface area contributed by atoms with Gasteiger partial charge in [0.25, 0.3) is 5.91 Å². The van der Waals surface area contributed by atoms with E-state index in [9.17, 15) is 9.90 Å². The van der Waals surface area contributed by atoms with Gasteiger partial charge in [-0.05, 0) is 52.2 Å². The monoisotopic (exact) mass is 563 g/mol. The van der Waals surface area contributed by atoms with Crippen molar-refractivity contribution in [1.29, 1.82) is 0 Å². The largest absolute Gasteiger partial charge is 0.389 e. The highest BCUT2D eigenvalue weighted by Crippen LogP contribution is 2.29. The number of amides is 1. The minimum atomic E-state index is -1.09. The Morgan fingerprint density at radius 1 is 1.17 bits per heavy atom. The van der Waals surface area contributed by atoms with Crippen molar-refractivity contribution in [1.82, 2.24) is 34.1 Å². The second kappa shape index (κ2) is 11.6. The van der Waals surface area contributed by atoms with Gasteiger partial charge in [0.05, 0.1) is 34.9 Å². The Morgan fingerprint density at radius 2 is 1.93 bits per heavy atom. The average molecular weight is 564 g/mol. The standard InChI is InChI=1S/C29H38FN9O2/c1-29(2,41)19-39-24-16-21(38-14-12-37(13-15-38)11-10-35(3)4)6-7-23(24)33-28(39)34-27(40)22-8-9-31-26(25(22)30)20-17-32-36(5)18-20/h6-9,16-18,41H,10-15,19H2,1-5H3,(H,33,34,40). The van der Waals surface area contributed by atoms with Crippen molar-refractivity contribution in [3.8, 4) is 11.3 Å². The van der Waals surface area contributed by atoms with Crippen molar-refractivity contribution in [3.63, 3.8) is 0 Å². The molecule has 41 heavy (non-hydrogen) atoms. The number of nitrogens with one attached hydrogen (secondary N) is 1. The second-order valence-electron chi connectivity index (χ2n) is 11.5. The van der Waals surface area contributed by atoms with E-state index < -0.39 is 17.3 Å². The molecule has 11 nitrogen and oxygen atoms in total. The van der Waals surface area contributed by atoms with Crippen molar-refractivity contribution in [2.45, 2.75) is 26.0 Å². The summed E-state index contributed by atoms with van der Waals surface area (Å²) in [7, 11) is 5.90. The maximum Gasteiger partial charge on any atom is 0.261 e. The number of anilines is 2. The normalized spacial score (nSPS) is 14.8. The van der Waals surface area contributed by atoms with E-state index in [-0.39, 0.29) is 23.8 Å². The van der Waals surface area contributed by atoms with Crippen LogP contribution in [0.25, 0.3) is 22.3 Å². The van der Waals surface area contributed by atoms with Crippen molar-refractivity contribution < 1.29 is 14.3 Å². The highest BCUT2D eigenvalue weighted by molar-refractivity contribution is 6.05. The van der Waals surface area contributed by atoms with Crippen molar-refractivity contribution >= 4 is 28.6 Å². The number of hydrogen-bond donors (Lipinski definition) is 2. The summed E-state index contributed by atoms with van der Waals surface area (Å²) < 4.78 is 18.8. The van der Waals surface area contributed by atoms with Crippen LogP contribution in [0.5, 0.6) is 0 Å². The summed E-state index contributed by atoms with van der Waals surface area (Å²) in [6, 6.07) is 7.34. The molecule has 3 aromatic heterocycles. The van der Waals surface area contributed by atoms with Crippen LogP contribution in [0, 0.1) is 5.82 Å². The Bertz CT molecular complexity index is 1530. The Morgan fingerprint density at radius 3 is 2.59 bits per heavy atom. The van der Waals surface area contributed by atoms with Gasteiger partial charge in [0, 0.05) is 70.0 Å². The van der Waals surface area contributed by atoms with Crippen LogP contribution in [0.1, 0.15) is 24.2 Å². The summed E-state index contributed by atoms with van der Waals surface area (Å²) in [5, 5.41) is 17.6. The molecule has 0 saturated carbocycles. The lowest BCUT2D eigenvalue weighted by molar-refractivity contribution is 0.0630. The Labute approximate surface area is 239 Å². The van der Waals surface area contributed by atoms with Crippen molar-refractivity contribution in [2.75, 3.05) is 63.6 Å². The zero-order valence-corrected chi connectivity index (χ0v) is 24.3. The number of fused-ring (bicyclic) bond motifs is 1. The number of halogens is 1. The summed E-state index contributed by atoms with van der Waals surface area (Å²) in [4.78, 5) is 29.1. The lowest BCUT2D eigenvalue weighted by Gasteiger charge is -2.36. The number of pyridine rings is 1. The number of benzene rings is 1. The molecule has 1 aromatic carbocycles. The number of nitrogens with zero attached hydrogens (tertiary/aromatic N) is 8. The van der Waals surface area contributed by atoms with Crippen LogP contribution in [0.4, 0.5) is 16.0 Å². The molecule has 12 heteroatoms. The first-order valence-corrected chi connectivity index (χ1v) is 13.8. The fraction of sp³-hybridized carbons (Fsp3) is 0.448. The van der Waals surface area contributed by atoms with E-state index >= 15 is 4.39 Å². The van der Waals surface area contributed by atoms with Gasteiger partial charge in [-0.25, -0.2) is 9.37 Å². The van der Waals surface area contributed by atoms with Gasteiger partial charge in [-0.2, -0.15) is 5.10 Å². The zero-order valence-electron chi connectivity index (χ0n) is 24.3. The molecule has 1 fully saturated rings.